The third-order valence-electron chi connectivity index (χ3n) is 3.94. The van der Waals surface area contributed by atoms with Crippen molar-refractivity contribution in [2.24, 2.45) is 16.7 Å². The summed E-state index contributed by atoms with van der Waals surface area (Å²) < 4.78 is 0. The summed E-state index contributed by atoms with van der Waals surface area (Å²) in [5, 5.41) is 7.25. The van der Waals surface area contributed by atoms with Gasteiger partial charge in [0.25, 0.3) is 0 Å². The summed E-state index contributed by atoms with van der Waals surface area (Å²) in [5.74, 6) is 0.585. The van der Waals surface area contributed by atoms with E-state index in [2.05, 4.69) is 92.7 Å². The number of allylic oxidation sites excluding steroid dienone is 1. The van der Waals surface area contributed by atoms with Gasteiger partial charge in [-0.1, -0.05) is 80.7 Å². The van der Waals surface area contributed by atoms with Crippen LogP contribution in [0.15, 0.2) is 36.7 Å². The van der Waals surface area contributed by atoms with E-state index < -0.39 is 0 Å². The van der Waals surface area contributed by atoms with Gasteiger partial charge in [0, 0.05) is 11.4 Å². The first kappa shape index (κ1) is 22.8. The van der Waals surface area contributed by atoms with Crippen LogP contribution in [0, 0.1) is 16.7 Å². The van der Waals surface area contributed by atoms with Gasteiger partial charge in [0.1, 0.15) is 0 Å². The van der Waals surface area contributed by atoms with Crippen LogP contribution in [0.1, 0.15) is 75.2 Å². The summed E-state index contributed by atoms with van der Waals surface area (Å²) in [5.41, 5.74) is 3.58. The van der Waals surface area contributed by atoms with E-state index in [-0.39, 0.29) is 22.9 Å². The van der Waals surface area contributed by atoms with Gasteiger partial charge in [0.2, 0.25) is 0 Å². The van der Waals surface area contributed by atoms with Gasteiger partial charge in [-0.25, -0.2) is 0 Å². The maximum absolute atomic E-state index is 4.34. The van der Waals surface area contributed by atoms with E-state index in [1.54, 1.807) is 0 Å². The average Bonchev–Trinajstić information content (AvgIpc) is 2.29. The van der Waals surface area contributed by atoms with Crippen LogP contribution in [0.25, 0.3) is 0 Å². The Morgan fingerprint density at radius 1 is 0.917 bits per heavy atom. The molecule has 0 aromatic rings. The predicted octanol–water partition coefficient (Wildman–Crippen LogP) is 6.03. The minimum Gasteiger partial charge on any atom is -0.381 e. The lowest BCUT2D eigenvalue weighted by molar-refractivity contribution is 0.307. The SMILES string of the molecule is C=C(CC(C)(C)C)NC(CC(C)C)C(=C)NC(C(=C)C)C(C)(C)C. The van der Waals surface area contributed by atoms with Gasteiger partial charge >= 0.3 is 0 Å². The third-order valence-corrected chi connectivity index (χ3v) is 3.94. The van der Waals surface area contributed by atoms with Crippen molar-refractivity contribution < 1.29 is 0 Å². The molecule has 0 bridgehead atoms. The van der Waals surface area contributed by atoms with Crippen LogP contribution in [-0.2, 0) is 0 Å². The summed E-state index contributed by atoms with van der Waals surface area (Å²) in [7, 11) is 0. The minimum atomic E-state index is 0.0968. The van der Waals surface area contributed by atoms with Gasteiger partial charge in [-0.2, -0.15) is 0 Å². The fourth-order valence-corrected chi connectivity index (χ4v) is 3.06. The molecule has 140 valence electrons. The molecule has 0 aliphatic heterocycles. The van der Waals surface area contributed by atoms with Gasteiger partial charge in [-0.3, -0.25) is 0 Å². The van der Waals surface area contributed by atoms with Crippen LogP contribution in [-0.4, -0.2) is 12.1 Å². The Morgan fingerprint density at radius 3 is 1.75 bits per heavy atom. The fourth-order valence-electron chi connectivity index (χ4n) is 3.06. The lowest BCUT2D eigenvalue weighted by atomic mass is 9.82. The third kappa shape index (κ3) is 9.20. The molecule has 0 fully saturated rings. The fraction of sp³-hybridized carbons (Fsp3) is 0.727. The first-order valence-electron chi connectivity index (χ1n) is 9.18. The van der Waals surface area contributed by atoms with E-state index >= 15 is 0 Å². The Hall–Kier alpha value is -1.18. The Balaban J connectivity index is 5.13. The van der Waals surface area contributed by atoms with Crippen LogP contribution in [0.5, 0.6) is 0 Å². The van der Waals surface area contributed by atoms with Gasteiger partial charge in [-0.05, 0) is 36.5 Å². The maximum Gasteiger partial charge on any atom is 0.0653 e. The molecule has 2 unspecified atom stereocenters. The Morgan fingerprint density at radius 2 is 1.42 bits per heavy atom. The Kier molecular flexibility index (Phi) is 8.35. The second-order valence-electron chi connectivity index (χ2n) is 9.98. The van der Waals surface area contributed by atoms with Crippen LogP contribution < -0.4 is 10.6 Å². The molecule has 0 saturated heterocycles. The Labute approximate surface area is 151 Å². The maximum atomic E-state index is 4.34. The molecule has 2 atom stereocenters. The second kappa shape index (κ2) is 8.78. The van der Waals surface area contributed by atoms with Crippen molar-refractivity contribution >= 4 is 0 Å². The van der Waals surface area contributed by atoms with Gasteiger partial charge in [0.15, 0.2) is 0 Å². The highest BCUT2D eigenvalue weighted by Crippen LogP contribution is 2.27. The molecule has 0 spiro atoms. The van der Waals surface area contributed by atoms with Crippen molar-refractivity contribution in [1.29, 1.82) is 0 Å². The molecule has 0 aromatic heterocycles. The van der Waals surface area contributed by atoms with E-state index in [4.69, 9.17) is 0 Å². The summed E-state index contributed by atoms with van der Waals surface area (Å²) >= 11 is 0. The summed E-state index contributed by atoms with van der Waals surface area (Å²) in [6.45, 7) is 32.7. The summed E-state index contributed by atoms with van der Waals surface area (Å²) in [4.78, 5) is 0. The molecular formula is C22H42N2. The number of hydrogen-bond acceptors (Lipinski definition) is 2. The molecule has 0 amide bonds. The van der Waals surface area contributed by atoms with E-state index in [9.17, 15) is 0 Å². The van der Waals surface area contributed by atoms with Crippen LogP contribution >= 0.6 is 0 Å². The van der Waals surface area contributed by atoms with Crippen LogP contribution in [0.2, 0.25) is 0 Å². The standard InChI is InChI=1S/C22H42N2/c1-15(2)13-19(23-17(5)14-21(7,8)9)18(6)24-20(16(3)4)22(10,11)12/h15,19-20,23-24H,3,5-6,13-14H2,1-2,4,7-12H3. The molecule has 2 N–H and O–H groups in total. The molecule has 0 radical (unpaired) electrons. The average molecular weight is 335 g/mol. The molecule has 0 rings (SSSR count). The zero-order chi connectivity index (χ0) is 19.3. The number of nitrogens with one attached hydrogen (secondary N) is 2. The lowest BCUT2D eigenvalue weighted by Crippen LogP contribution is -2.46. The van der Waals surface area contributed by atoms with Crippen LogP contribution in [0.3, 0.4) is 0 Å². The van der Waals surface area contributed by atoms with Crippen molar-refractivity contribution in [2.75, 3.05) is 0 Å². The number of rotatable bonds is 9. The van der Waals surface area contributed by atoms with Crippen molar-refractivity contribution in [3.63, 3.8) is 0 Å². The molecule has 0 saturated carbocycles. The highest BCUT2D eigenvalue weighted by Gasteiger charge is 2.27. The molecule has 24 heavy (non-hydrogen) atoms. The van der Waals surface area contributed by atoms with Gasteiger partial charge in [0.05, 0.1) is 12.1 Å². The Bertz CT molecular complexity index is 444. The highest BCUT2D eigenvalue weighted by atomic mass is 15.0. The quantitative estimate of drug-likeness (QED) is 0.503. The highest BCUT2D eigenvalue weighted by molar-refractivity contribution is 5.16. The monoisotopic (exact) mass is 334 g/mol. The van der Waals surface area contributed by atoms with Gasteiger partial charge in [-0.15, -0.1) is 0 Å². The molecule has 2 nitrogen and oxygen atoms in total. The lowest BCUT2D eigenvalue weighted by Gasteiger charge is -2.36. The van der Waals surface area contributed by atoms with Crippen molar-refractivity contribution in [2.45, 2.75) is 87.2 Å². The van der Waals surface area contributed by atoms with Crippen molar-refractivity contribution in [1.82, 2.24) is 10.6 Å². The van der Waals surface area contributed by atoms with E-state index in [0.717, 1.165) is 29.8 Å². The smallest absolute Gasteiger partial charge is 0.0653 e. The largest absolute Gasteiger partial charge is 0.381 e. The first-order valence-corrected chi connectivity index (χ1v) is 9.18. The van der Waals surface area contributed by atoms with Crippen LogP contribution in [0.4, 0.5) is 0 Å². The normalized spacial score (nSPS) is 14.9. The molecule has 2 heteroatoms. The topological polar surface area (TPSA) is 24.1 Å². The van der Waals surface area contributed by atoms with E-state index in [1.807, 2.05) is 0 Å². The second-order valence-corrected chi connectivity index (χ2v) is 9.98. The van der Waals surface area contributed by atoms with Crippen molar-refractivity contribution in [3.8, 4) is 0 Å². The summed E-state index contributed by atoms with van der Waals surface area (Å²) in [6, 6.07) is 0.390. The molecular weight excluding hydrogens is 292 g/mol. The minimum absolute atomic E-state index is 0.0968. The predicted molar refractivity (Wildman–Crippen MR) is 110 cm³/mol. The zero-order valence-corrected chi connectivity index (χ0v) is 17.8. The number of hydrogen-bond donors (Lipinski definition) is 2. The van der Waals surface area contributed by atoms with E-state index in [1.165, 1.54) is 0 Å². The molecule has 0 aliphatic rings. The molecule has 0 aromatic carbocycles. The van der Waals surface area contributed by atoms with Crippen molar-refractivity contribution in [3.05, 3.63) is 36.7 Å². The summed E-state index contributed by atoms with van der Waals surface area (Å²) in [6.07, 6.45) is 1.99. The first-order chi connectivity index (χ1) is 10.6. The van der Waals surface area contributed by atoms with E-state index in [0.29, 0.717) is 5.92 Å². The molecule has 0 aliphatic carbocycles. The van der Waals surface area contributed by atoms with Gasteiger partial charge < -0.3 is 10.6 Å². The zero-order valence-electron chi connectivity index (χ0n) is 17.8. The molecule has 0 heterocycles.